The normalized spacial score (nSPS) is 24.2. The number of anilines is 1. The molecule has 0 aromatic heterocycles. The highest BCUT2D eigenvalue weighted by Gasteiger charge is 2.52. The van der Waals surface area contributed by atoms with Crippen LogP contribution in [0, 0.1) is 30.5 Å². The number of amides is 2. The van der Waals surface area contributed by atoms with Crippen molar-refractivity contribution in [3.05, 3.63) is 83.2 Å². The standard InChI is InChI=1S/C37H41F4N3O8S2/c1-21-6-8-22(9-7-21)20-42-54(49,50)27-14-12-26(13-15-27)52-32-18-29(31(51-2)19-30(32)38)35(45)44-34-24-11-10-23(16-24)33(34)36(46)43-25-4-3-5-28(17-25)53(47,48)37(39,40)41/h3-9,17-19,23-24,26-27,33-34,42H,10-16,20H2,1-2H3,(H,43,46)(H,44,45)/t23-,24+,26?,27?,33-,34+/m0/s1. The van der Waals surface area contributed by atoms with E-state index in [-0.39, 0.29) is 54.0 Å². The van der Waals surface area contributed by atoms with Crippen molar-refractivity contribution in [3.8, 4) is 11.5 Å². The number of carbonyl (C=O) groups excluding carboxylic acids is 2. The van der Waals surface area contributed by atoms with Gasteiger partial charge in [-0.3, -0.25) is 9.59 Å². The molecule has 0 saturated heterocycles. The van der Waals surface area contributed by atoms with E-state index in [1.807, 2.05) is 31.2 Å². The maximum atomic E-state index is 15.3. The van der Waals surface area contributed by atoms with Crippen LogP contribution in [0.15, 0.2) is 65.6 Å². The fourth-order valence-corrected chi connectivity index (χ4v) is 10.1. The van der Waals surface area contributed by atoms with Crippen LogP contribution in [0.3, 0.4) is 0 Å². The number of rotatable bonds is 12. The highest BCUT2D eigenvalue weighted by Crippen LogP contribution is 2.49. The number of methoxy groups -OCH3 is 1. The maximum absolute atomic E-state index is 15.3. The second-order valence-electron chi connectivity index (χ2n) is 14.2. The number of aryl methyl sites for hydroxylation is 1. The number of alkyl halides is 3. The molecule has 2 bridgehead atoms. The van der Waals surface area contributed by atoms with Crippen LogP contribution in [-0.4, -0.2) is 58.7 Å². The minimum Gasteiger partial charge on any atom is -0.496 e. The van der Waals surface area contributed by atoms with Crippen LogP contribution < -0.4 is 24.8 Å². The molecular weight excluding hydrogens is 755 g/mol. The van der Waals surface area contributed by atoms with Crippen LogP contribution >= 0.6 is 0 Å². The van der Waals surface area contributed by atoms with Crippen molar-refractivity contribution in [2.24, 2.45) is 17.8 Å². The summed E-state index contributed by atoms with van der Waals surface area (Å²) >= 11 is 0. The Labute approximate surface area is 311 Å². The molecular formula is C37H41F4N3O8S2. The maximum Gasteiger partial charge on any atom is 0.501 e. The molecule has 0 aliphatic heterocycles. The zero-order valence-electron chi connectivity index (χ0n) is 29.5. The third-order valence-corrected chi connectivity index (χ3v) is 14.1. The molecule has 0 spiro atoms. The first kappa shape index (κ1) is 39.5. The summed E-state index contributed by atoms with van der Waals surface area (Å²) < 4.78 is 119. The van der Waals surface area contributed by atoms with Gasteiger partial charge in [0.15, 0.2) is 11.6 Å². The molecule has 3 fully saturated rings. The zero-order valence-corrected chi connectivity index (χ0v) is 31.1. The van der Waals surface area contributed by atoms with Crippen molar-refractivity contribution < 1.29 is 53.5 Å². The Morgan fingerprint density at radius 1 is 0.870 bits per heavy atom. The first-order chi connectivity index (χ1) is 25.5. The summed E-state index contributed by atoms with van der Waals surface area (Å²) in [5.41, 5.74) is -3.83. The second-order valence-corrected chi connectivity index (χ2v) is 18.2. The number of carbonyl (C=O) groups is 2. The number of nitrogens with one attached hydrogen (secondary N) is 3. The molecule has 3 aliphatic carbocycles. The lowest BCUT2D eigenvalue weighted by molar-refractivity contribution is -0.122. The van der Waals surface area contributed by atoms with Crippen LogP contribution in [0.2, 0.25) is 0 Å². The molecule has 3 aromatic rings. The van der Waals surface area contributed by atoms with Gasteiger partial charge in [-0.1, -0.05) is 35.9 Å². The van der Waals surface area contributed by atoms with Gasteiger partial charge in [-0.15, -0.1) is 0 Å². The number of ether oxygens (including phenoxy) is 2. The lowest BCUT2D eigenvalue weighted by Crippen LogP contribution is -2.48. The average molecular weight is 796 g/mol. The summed E-state index contributed by atoms with van der Waals surface area (Å²) in [6, 6.07) is 13.0. The molecule has 3 aliphatic rings. The van der Waals surface area contributed by atoms with Crippen LogP contribution in [0.4, 0.5) is 23.2 Å². The highest BCUT2D eigenvalue weighted by molar-refractivity contribution is 7.92. The van der Waals surface area contributed by atoms with Crippen LogP contribution in [0.1, 0.15) is 66.4 Å². The van der Waals surface area contributed by atoms with Gasteiger partial charge in [-0.05, 0) is 93.5 Å². The van der Waals surface area contributed by atoms with E-state index in [0.29, 0.717) is 32.1 Å². The predicted octanol–water partition coefficient (Wildman–Crippen LogP) is 6.03. The van der Waals surface area contributed by atoms with E-state index >= 15 is 4.39 Å². The molecule has 0 unspecified atom stereocenters. The van der Waals surface area contributed by atoms with Gasteiger partial charge in [0.05, 0.1) is 34.8 Å². The largest absolute Gasteiger partial charge is 0.501 e. The number of hydrogen-bond donors (Lipinski definition) is 3. The summed E-state index contributed by atoms with van der Waals surface area (Å²) in [6.45, 7) is 2.11. The molecule has 4 atom stereocenters. The van der Waals surface area contributed by atoms with Crippen molar-refractivity contribution >= 4 is 37.4 Å². The highest BCUT2D eigenvalue weighted by atomic mass is 32.2. The van der Waals surface area contributed by atoms with Gasteiger partial charge in [0.25, 0.3) is 15.7 Å². The smallest absolute Gasteiger partial charge is 0.496 e. The van der Waals surface area contributed by atoms with Crippen molar-refractivity contribution in [2.45, 2.75) is 86.2 Å². The van der Waals surface area contributed by atoms with Crippen LogP contribution in [0.5, 0.6) is 11.5 Å². The summed E-state index contributed by atoms with van der Waals surface area (Å²) in [7, 11) is -8.00. The summed E-state index contributed by atoms with van der Waals surface area (Å²) in [6.07, 6.45) is 2.72. The average Bonchev–Trinajstić information content (AvgIpc) is 3.74. The topological polar surface area (TPSA) is 157 Å². The van der Waals surface area contributed by atoms with Crippen molar-refractivity contribution in [1.82, 2.24) is 10.0 Å². The molecule has 3 aromatic carbocycles. The van der Waals surface area contributed by atoms with Gasteiger partial charge in [0.1, 0.15) is 5.75 Å². The van der Waals surface area contributed by atoms with Gasteiger partial charge in [-0.25, -0.2) is 25.9 Å². The third kappa shape index (κ3) is 8.37. The molecule has 3 saturated carbocycles. The molecule has 54 heavy (non-hydrogen) atoms. The fourth-order valence-electron chi connectivity index (χ4n) is 7.83. The minimum absolute atomic E-state index is 0.0579. The SMILES string of the molecule is COc1cc(F)c(OC2CCC(S(=O)(=O)NCc3ccc(C)cc3)CC2)cc1C(=O)N[C@@H]1[C@@H]2CC[C@@H](C2)[C@@H]1C(=O)Nc1cccc(S(=O)(=O)C(F)(F)F)c1. The van der Waals surface area contributed by atoms with Crippen molar-refractivity contribution in [3.63, 3.8) is 0 Å². The fraction of sp³-hybridized carbons (Fsp3) is 0.459. The Balaban J connectivity index is 1.11. The summed E-state index contributed by atoms with van der Waals surface area (Å²) in [5.74, 6) is -3.37. The first-order valence-electron chi connectivity index (χ1n) is 17.6. The number of fused-ring (bicyclic) bond motifs is 2. The van der Waals surface area contributed by atoms with Gasteiger partial charge in [0.2, 0.25) is 15.9 Å². The molecule has 2 amide bonds. The Hall–Kier alpha value is -4.22. The quantitative estimate of drug-likeness (QED) is 0.188. The molecule has 0 radical (unpaired) electrons. The Kier molecular flexibility index (Phi) is 11.3. The number of sulfonamides is 1. The lowest BCUT2D eigenvalue weighted by Gasteiger charge is -2.31. The van der Waals surface area contributed by atoms with E-state index in [4.69, 9.17) is 9.47 Å². The summed E-state index contributed by atoms with van der Waals surface area (Å²) in [4.78, 5) is 26.3. The lowest BCUT2D eigenvalue weighted by atomic mass is 9.83. The number of halogens is 4. The van der Waals surface area contributed by atoms with E-state index in [1.165, 1.54) is 19.2 Å². The van der Waals surface area contributed by atoms with Crippen LogP contribution in [-0.2, 0) is 31.2 Å². The third-order valence-electron chi connectivity index (χ3n) is 10.7. The van der Waals surface area contributed by atoms with Gasteiger partial charge in [-0.2, -0.15) is 13.2 Å². The molecule has 3 N–H and O–H groups in total. The molecule has 292 valence electrons. The minimum atomic E-state index is -5.65. The summed E-state index contributed by atoms with van der Waals surface area (Å²) in [5, 5.41) is 4.78. The molecule has 11 nitrogen and oxygen atoms in total. The molecule has 17 heteroatoms. The Bertz CT molecular complexity index is 2110. The van der Waals surface area contributed by atoms with Gasteiger partial charge in [0, 0.05) is 24.3 Å². The monoisotopic (exact) mass is 795 g/mol. The van der Waals surface area contributed by atoms with Gasteiger partial charge < -0.3 is 20.1 Å². The molecule has 0 heterocycles. The number of benzene rings is 3. The van der Waals surface area contributed by atoms with Crippen molar-refractivity contribution in [1.29, 1.82) is 0 Å². The van der Waals surface area contributed by atoms with Crippen LogP contribution in [0.25, 0.3) is 0 Å². The molecule has 6 rings (SSSR count). The van der Waals surface area contributed by atoms with Gasteiger partial charge >= 0.3 is 5.51 Å². The van der Waals surface area contributed by atoms with E-state index in [0.717, 1.165) is 35.4 Å². The van der Waals surface area contributed by atoms with E-state index < -0.39 is 71.2 Å². The number of sulfone groups is 1. The van der Waals surface area contributed by atoms with E-state index in [2.05, 4.69) is 15.4 Å². The second kappa shape index (κ2) is 15.5. The van der Waals surface area contributed by atoms with E-state index in [9.17, 15) is 39.6 Å². The Morgan fingerprint density at radius 3 is 2.22 bits per heavy atom. The Morgan fingerprint density at radius 2 is 1.56 bits per heavy atom. The number of hydrogen-bond acceptors (Lipinski definition) is 8. The van der Waals surface area contributed by atoms with E-state index in [1.54, 1.807) is 0 Å². The predicted molar refractivity (Wildman–Crippen MR) is 190 cm³/mol. The first-order valence-corrected chi connectivity index (χ1v) is 20.6. The van der Waals surface area contributed by atoms with Crippen molar-refractivity contribution in [2.75, 3.05) is 12.4 Å². The zero-order chi connectivity index (χ0) is 39.0.